The van der Waals surface area contributed by atoms with Crippen LogP contribution in [-0.2, 0) is 9.84 Å². The topological polar surface area (TPSA) is 73.8 Å². The second-order valence-corrected chi connectivity index (χ2v) is 11.9. The standard InChI is InChI=1S/C20H36N4O2S2.HI/c1-20(2,10-13-28(5,25)26)15-23-19(21-3)22-14-16-8-6-11-24(4)18(16)17-9-7-12-27-17;/h7,9,12,16,18H,6,8,10-11,13-15H2,1-5H3,(H2,21,22,23);1H. The first kappa shape index (κ1) is 26.6. The number of halogens is 1. The average Bonchev–Trinajstić information content (AvgIpc) is 3.14. The maximum absolute atomic E-state index is 11.4. The fourth-order valence-electron chi connectivity index (χ4n) is 3.70. The first-order valence-corrected chi connectivity index (χ1v) is 12.9. The first-order chi connectivity index (χ1) is 13.1. The second-order valence-electron chi connectivity index (χ2n) is 8.69. The fraction of sp³-hybridized carbons (Fsp3) is 0.750. The molecule has 168 valence electrons. The molecule has 1 aromatic rings. The summed E-state index contributed by atoms with van der Waals surface area (Å²) in [5.74, 6) is 1.53. The largest absolute Gasteiger partial charge is 0.356 e. The van der Waals surface area contributed by atoms with E-state index in [-0.39, 0.29) is 35.1 Å². The summed E-state index contributed by atoms with van der Waals surface area (Å²) in [5, 5.41) is 9.03. The molecule has 0 radical (unpaired) electrons. The van der Waals surface area contributed by atoms with E-state index >= 15 is 0 Å². The highest BCUT2D eigenvalue weighted by Crippen LogP contribution is 2.36. The van der Waals surface area contributed by atoms with Crippen molar-refractivity contribution in [1.29, 1.82) is 0 Å². The summed E-state index contributed by atoms with van der Waals surface area (Å²) in [6.45, 7) is 6.86. The number of hydrogen-bond acceptors (Lipinski definition) is 5. The third-order valence-corrected chi connectivity index (χ3v) is 7.37. The summed E-state index contributed by atoms with van der Waals surface area (Å²) < 4.78 is 22.9. The molecule has 2 heterocycles. The summed E-state index contributed by atoms with van der Waals surface area (Å²) in [6, 6.07) is 4.82. The number of nitrogens with zero attached hydrogens (tertiary/aromatic N) is 2. The molecule has 0 saturated carbocycles. The number of piperidine rings is 1. The van der Waals surface area contributed by atoms with Crippen LogP contribution in [0.3, 0.4) is 0 Å². The zero-order valence-corrected chi connectivity index (χ0v) is 22.2. The molecule has 1 aliphatic heterocycles. The van der Waals surface area contributed by atoms with Crippen LogP contribution in [0.15, 0.2) is 22.5 Å². The van der Waals surface area contributed by atoms with Gasteiger partial charge in [0.15, 0.2) is 5.96 Å². The van der Waals surface area contributed by atoms with Gasteiger partial charge in [-0.3, -0.25) is 9.89 Å². The number of aliphatic imine (C=N–C) groups is 1. The summed E-state index contributed by atoms with van der Waals surface area (Å²) >= 11 is 1.83. The quantitative estimate of drug-likeness (QED) is 0.292. The van der Waals surface area contributed by atoms with E-state index in [9.17, 15) is 8.42 Å². The van der Waals surface area contributed by atoms with Crippen molar-refractivity contribution in [3.05, 3.63) is 22.4 Å². The highest BCUT2D eigenvalue weighted by atomic mass is 127. The van der Waals surface area contributed by atoms with E-state index in [1.165, 1.54) is 24.0 Å². The van der Waals surface area contributed by atoms with Crippen molar-refractivity contribution in [1.82, 2.24) is 15.5 Å². The maximum atomic E-state index is 11.4. The van der Waals surface area contributed by atoms with Gasteiger partial charge in [-0.25, -0.2) is 8.42 Å². The van der Waals surface area contributed by atoms with Crippen molar-refractivity contribution in [2.75, 3.05) is 45.7 Å². The van der Waals surface area contributed by atoms with E-state index in [4.69, 9.17) is 0 Å². The highest BCUT2D eigenvalue weighted by Gasteiger charge is 2.31. The van der Waals surface area contributed by atoms with Gasteiger partial charge in [-0.05, 0) is 55.6 Å². The van der Waals surface area contributed by atoms with E-state index in [0.717, 1.165) is 19.0 Å². The number of hydrogen-bond donors (Lipinski definition) is 2. The number of thiophene rings is 1. The summed E-state index contributed by atoms with van der Waals surface area (Å²) in [4.78, 5) is 8.25. The zero-order valence-electron chi connectivity index (χ0n) is 18.3. The van der Waals surface area contributed by atoms with E-state index in [2.05, 4.69) is 58.9 Å². The minimum atomic E-state index is -2.94. The Morgan fingerprint density at radius 2 is 2.10 bits per heavy atom. The average molecular weight is 557 g/mol. The van der Waals surface area contributed by atoms with E-state index in [1.807, 2.05) is 11.3 Å². The number of guanidine groups is 1. The van der Waals surface area contributed by atoms with Gasteiger partial charge in [0.1, 0.15) is 9.84 Å². The Balaban J connectivity index is 0.00000420. The predicted octanol–water partition coefficient (Wildman–Crippen LogP) is 3.37. The predicted molar refractivity (Wildman–Crippen MR) is 135 cm³/mol. The van der Waals surface area contributed by atoms with Gasteiger partial charge in [-0.2, -0.15) is 0 Å². The molecule has 1 aromatic heterocycles. The molecular formula is C20H37IN4O2S2. The Hall–Kier alpha value is -0.390. The van der Waals surface area contributed by atoms with Crippen molar-refractivity contribution in [2.24, 2.45) is 16.3 Å². The molecule has 0 amide bonds. The van der Waals surface area contributed by atoms with Crippen LogP contribution in [0.2, 0.25) is 0 Å². The lowest BCUT2D eigenvalue weighted by Gasteiger charge is -2.39. The van der Waals surface area contributed by atoms with Gasteiger partial charge in [-0.1, -0.05) is 19.9 Å². The first-order valence-electron chi connectivity index (χ1n) is 9.97. The van der Waals surface area contributed by atoms with Gasteiger partial charge in [-0.15, -0.1) is 35.3 Å². The van der Waals surface area contributed by atoms with Gasteiger partial charge in [0, 0.05) is 37.3 Å². The molecule has 2 rings (SSSR count). The zero-order chi connectivity index (χ0) is 20.8. The number of sulfone groups is 1. The molecular weight excluding hydrogens is 519 g/mol. The van der Waals surface area contributed by atoms with Crippen LogP contribution < -0.4 is 10.6 Å². The Bertz CT molecular complexity index is 736. The summed E-state index contributed by atoms with van der Waals surface area (Å²) in [6.07, 6.45) is 4.35. The van der Waals surface area contributed by atoms with Crippen molar-refractivity contribution >= 4 is 51.1 Å². The molecule has 2 atom stereocenters. The van der Waals surface area contributed by atoms with Crippen LogP contribution in [0.1, 0.15) is 44.0 Å². The van der Waals surface area contributed by atoms with Crippen molar-refractivity contribution in [3.63, 3.8) is 0 Å². The van der Waals surface area contributed by atoms with E-state index in [0.29, 0.717) is 24.9 Å². The van der Waals surface area contributed by atoms with Gasteiger partial charge in [0.25, 0.3) is 0 Å². The second kappa shape index (κ2) is 11.9. The van der Waals surface area contributed by atoms with Crippen LogP contribution in [0.5, 0.6) is 0 Å². The van der Waals surface area contributed by atoms with Crippen LogP contribution in [0, 0.1) is 11.3 Å². The molecule has 29 heavy (non-hydrogen) atoms. The highest BCUT2D eigenvalue weighted by molar-refractivity contribution is 14.0. The lowest BCUT2D eigenvalue weighted by molar-refractivity contribution is 0.125. The lowest BCUT2D eigenvalue weighted by atomic mass is 9.88. The Labute approximate surface area is 197 Å². The van der Waals surface area contributed by atoms with Crippen LogP contribution in [-0.4, -0.2) is 65.0 Å². The van der Waals surface area contributed by atoms with Gasteiger partial charge < -0.3 is 10.6 Å². The molecule has 1 saturated heterocycles. The van der Waals surface area contributed by atoms with Crippen LogP contribution >= 0.6 is 35.3 Å². The van der Waals surface area contributed by atoms with E-state index < -0.39 is 9.84 Å². The lowest BCUT2D eigenvalue weighted by Crippen LogP contribution is -2.46. The maximum Gasteiger partial charge on any atom is 0.191 e. The number of rotatable bonds is 8. The minimum absolute atomic E-state index is 0. The van der Waals surface area contributed by atoms with Crippen molar-refractivity contribution in [3.8, 4) is 0 Å². The molecule has 0 spiro atoms. The summed E-state index contributed by atoms with van der Waals surface area (Å²) in [7, 11) is 1.06. The molecule has 1 fully saturated rings. The Kier molecular flexibility index (Phi) is 10.9. The molecule has 6 nitrogen and oxygen atoms in total. The fourth-order valence-corrected chi connectivity index (χ4v) is 5.61. The molecule has 0 bridgehead atoms. The Morgan fingerprint density at radius 1 is 1.38 bits per heavy atom. The van der Waals surface area contributed by atoms with Gasteiger partial charge in [0.2, 0.25) is 0 Å². The summed E-state index contributed by atoms with van der Waals surface area (Å²) in [5.41, 5.74) is -0.120. The molecule has 9 heteroatoms. The van der Waals surface area contributed by atoms with E-state index in [1.54, 1.807) is 7.05 Å². The van der Waals surface area contributed by atoms with Crippen molar-refractivity contribution < 1.29 is 8.42 Å². The SMILES string of the molecule is CN=C(NCC1CCCN(C)C1c1cccs1)NCC(C)(C)CCS(C)(=O)=O.I. The molecule has 1 aliphatic rings. The normalized spacial score (nSPS) is 21.5. The van der Waals surface area contributed by atoms with Gasteiger partial charge >= 0.3 is 0 Å². The smallest absolute Gasteiger partial charge is 0.191 e. The third-order valence-electron chi connectivity index (χ3n) is 5.48. The molecule has 0 aromatic carbocycles. The number of likely N-dealkylation sites (tertiary alicyclic amines) is 1. The number of nitrogens with one attached hydrogen (secondary N) is 2. The molecule has 0 aliphatic carbocycles. The van der Waals surface area contributed by atoms with Crippen LogP contribution in [0.4, 0.5) is 0 Å². The monoisotopic (exact) mass is 556 g/mol. The minimum Gasteiger partial charge on any atom is -0.356 e. The van der Waals surface area contributed by atoms with Crippen LogP contribution in [0.25, 0.3) is 0 Å². The third kappa shape index (κ3) is 9.10. The molecule has 2 unspecified atom stereocenters. The molecule has 2 N–H and O–H groups in total. The van der Waals surface area contributed by atoms with Crippen molar-refractivity contribution in [2.45, 2.75) is 39.2 Å². The Morgan fingerprint density at radius 3 is 2.69 bits per heavy atom. The van der Waals surface area contributed by atoms with Gasteiger partial charge in [0.05, 0.1) is 5.75 Å².